The third kappa shape index (κ3) is 3.60. The van der Waals surface area contributed by atoms with E-state index in [-0.39, 0.29) is 36.3 Å². The van der Waals surface area contributed by atoms with Crippen LogP contribution in [0.2, 0.25) is 0 Å². The molecule has 0 radical (unpaired) electrons. The van der Waals surface area contributed by atoms with Crippen LogP contribution in [0.1, 0.15) is 59.1 Å². The fourth-order valence-corrected chi connectivity index (χ4v) is 4.79. The SMILES string of the molecule is CC1=NO[C@@]2(CC[C@H](C)N3C[C@H]2n2cc(C(=O)NCc4ccc(F)cc4F)c(=O)c(O)c2C3=O)O1. The van der Waals surface area contributed by atoms with E-state index in [9.17, 15) is 28.3 Å². The average Bonchev–Trinajstić information content (AvgIpc) is 3.14. The number of carbonyl (C=O) groups excluding carboxylic acids is 2. The molecule has 0 aliphatic carbocycles. The Morgan fingerprint density at radius 1 is 1.34 bits per heavy atom. The number of oxime groups is 1. The Kier molecular flexibility index (Phi) is 5.26. The van der Waals surface area contributed by atoms with Crippen molar-refractivity contribution in [3.63, 3.8) is 0 Å². The summed E-state index contributed by atoms with van der Waals surface area (Å²) in [5.41, 5.74) is -1.79. The summed E-state index contributed by atoms with van der Waals surface area (Å²) in [6.45, 7) is 3.27. The van der Waals surface area contributed by atoms with Crippen LogP contribution in [0, 0.1) is 11.6 Å². The molecule has 1 aromatic heterocycles. The number of ether oxygens (including phenoxy) is 1. The average molecular weight is 488 g/mol. The first-order valence-corrected chi connectivity index (χ1v) is 11.0. The maximum atomic E-state index is 13.9. The van der Waals surface area contributed by atoms with Gasteiger partial charge in [0.25, 0.3) is 17.6 Å². The minimum atomic E-state index is -1.30. The van der Waals surface area contributed by atoms with Crippen LogP contribution in [0.15, 0.2) is 34.3 Å². The van der Waals surface area contributed by atoms with Crippen molar-refractivity contribution in [2.75, 3.05) is 6.54 Å². The number of pyridine rings is 1. The molecule has 10 nitrogen and oxygen atoms in total. The third-order valence-corrected chi connectivity index (χ3v) is 6.68. The molecule has 1 fully saturated rings. The molecule has 35 heavy (non-hydrogen) atoms. The van der Waals surface area contributed by atoms with Gasteiger partial charge in [-0.05, 0) is 24.6 Å². The van der Waals surface area contributed by atoms with E-state index in [1.807, 2.05) is 6.92 Å². The molecule has 3 atom stereocenters. The zero-order chi connectivity index (χ0) is 25.1. The van der Waals surface area contributed by atoms with E-state index in [0.29, 0.717) is 18.9 Å². The Balaban J connectivity index is 1.55. The Bertz CT molecular complexity index is 1340. The molecule has 5 rings (SSSR count). The van der Waals surface area contributed by atoms with Crippen LogP contribution in [-0.4, -0.2) is 50.7 Å². The van der Waals surface area contributed by atoms with Crippen LogP contribution < -0.4 is 10.7 Å². The topological polar surface area (TPSA) is 122 Å². The molecule has 1 spiro atoms. The lowest BCUT2D eigenvalue weighted by molar-refractivity contribution is -0.194. The molecule has 12 heteroatoms. The van der Waals surface area contributed by atoms with E-state index < -0.39 is 52.0 Å². The monoisotopic (exact) mass is 488 g/mol. The number of benzene rings is 1. The Morgan fingerprint density at radius 3 is 2.80 bits per heavy atom. The van der Waals surface area contributed by atoms with Gasteiger partial charge in [0.15, 0.2) is 11.4 Å². The highest BCUT2D eigenvalue weighted by molar-refractivity contribution is 5.99. The Morgan fingerprint density at radius 2 is 2.11 bits per heavy atom. The number of carbonyl (C=O) groups is 2. The largest absolute Gasteiger partial charge is 0.503 e. The highest BCUT2D eigenvalue weighted by Crippen LogP contribution is 2.44. The van der Waals surface area contributed by atoms with Gasteiger partial charge in [0, 0.05) is 50.3 Å². The van der Waals surface area contributed by atoms with Crippen molar-refractivity contribution in [2.24, 2.45) is 5.16 Å². The van der Waals surface area contributed by atoms with Crippen LogP contribution in [0.25, 0.3) is 0 Å². The molecule has 3 aliphatic heterocycles. The van der Waals surface area contributed by atoms with Crippen molar-refractivity contribution >= 4 is 17.7 Å². The molecule has 2 aromatic rings. The molecular formula is C23H22F2N4O6. The van der Waals surface area contributed by atoms with Gasteiger partial charge in [0.1, 0.15) is 23.2 Å². The molecule has 1 saturated heterocycles. The second kappa shape index (κ2) is 8.07. The summed E-state index contributed by atoms with van der Waals surface area (Å²) < 4.78 is 34.4. The van der Waals surface area contributed by atoms with Gasteiger partial charge >= 0.3 is 0 Å². The summed E-state index contributed by atoms with van der Waals surface area (Å²) in [5.74, 6) is -4.99. The Labute approximate surface area is 197 Å². The predicted octanol–water partition coefficient (Wildman–Crippen LogP) is 2.02. The van der Waals surface area contributed by atoms with Crippen molar-refractivity contribution in [1.82, 2.24) is 14.8 Å². The molecule has 4 heterocycles. The molecule has 0 unspecified atom stereocenters. The minimum Gasteiger partial charge on any atom is -0.503 e. The van der Waals surface area contributed by atoms with Gasteiger partial charge < -0.3 is 29.5 Å². The van der Waals surface area contributed by atoms with Gasteiger partial charge in [-0.25, -0.2) is 8.78 Å². The summed E-state index contributed by atoms with van der Waals surface area (Å²) >= 11 is 0. The lowest BCUT2D eigenvalue weighted by Gasteiger charge is -2.40. The number of nitrogens with one attached hydrogen (secondary N) is 1. The van der Waals surface area contributed by atoms with Crippen molar-refractivity contribution in [1.29, 1.82) is 0 Å². The van der Waals surface area contributed by atoms with Gasteiger partial charge in [-0.3, -0.25) is 14.4 Å². The van der Waals surface area contributed by atoms with E-state index in [4.69, 9.17) is 9.57 Å². The van der Waals surface area contributed by atoms with E-state index in [1.165, 1.54) is 21.7 Å². The lowest BCUT2D eigenvalue weighted by Crippen LogP contribution is -2.53. The number of fused-ring (bicyclic) bond motifs is 5. The second-order valence-corrected chi connectivity index (χ2v) is 8.87. The molecule has 2 bridgehead atoms. The number of halogens is 2. The first-order valence-electron chi connectivity index (χ1n) is 11.0. The summed E-state index contributed by atoms with van der Waals surface area (Å²) in [5, 5.41) is 17.1. The molecule has 0 saturated carbocycles. The number of aromatic nitrogens is 1. The number of rotatable bonds is 3. The van der Waals surface area contributed by atoms with Crippen molar-refractivity contribution in [2.45, 2.75) is 51.1 Å². The summed E-state index contributed by atoms with van der Waals surface area (Å²) in [6, 6.07) is 1.93. The van der Waals surface area contributed by atoms with Crippen LogP contribution in [0.5, 0.6) is 5.75 Å². The lowest BCUT2D eigenvalue weighted by atomic mass is 9.99. The van der Waals surface area contributed by atoms with Gasteiger partial charge in [-0.1, -0.05) is 6.07 Å². The number of hydrogen-bond acceptors (Lipinski definition) is 7. The maximum Gasteiger partial charge on any atom is 0.299 e. The maximum absolute atomic E-state index is 13.9. The number of nitrogens with zero attached hydrogens (tertiary/aromatic N) is 3. The molecule has 3 aliphatic rings. The fourth-order valence-electron chi connectivity index (χ4n) is 4.79. The van der Waals surface area contributed by atoms with Gasteiger partial charge in [0.05, 0.1) is 0 Å². The first kappa shape index (κ1) is 22.8. The van der Waals surface area contributed by atoms with E-state index >= 15 is 0 Å². The third-order valence-electron chi connectivity index (χ3n) is 6.68. The van der Waals surface area contributed by atoms with E-state index in [2.05, 4.69) is 10.5 Å². The molecule has 1 aromatic carbocycles. The van der Waals surface area contributed by atoms with Crippen LogP contribution in [0.3, 0.4) is 0 Å². The van der Waals surface area contributed by atoms with Crippen LogP contribution in [-0.2, 0) is 16.1 Å². The van der Waals surface area contributed by atoms with Gasteiger partial charge in [0.2, 0.25) is 11.3 Å². The van der Waals surface area contributed by atoms with E-state index in [0.717, 1.165) is 6.07 Å². The molecule has 2 amide bonds. The molecule has 2 N–H and O–H groups in total. The number of amides is 2. The second-order valence-electron chi connectivity index (χ2n) is 8.87. The zero-order valence-corrected chi connectivity index (χ0v) is 18.9. The number of hydrogen-bond donors (Lipinski definition) is 2. The van der Waals surface area contributed by atoms with Gasteiger partial charge in [-0.2, -0.15) is 0 Å². The summed E-state index contributed by atoms with van der Waals surface area (Å²) in [4.78, 5) is 46.2. The minimum absolute atomic E-state index is 0.00458. The van der Waals surface area contributed by atoms with Crippen LogP contribution in [0.4, 0.5) is 8.78 Å². The van der Waals surface area contributed by atoms with E-state index in [1.54, 1.807) is 6.92 Å². The zero-order valence-electron chi connectivity index (χ0n) is 18.9. The van der Waals surface area contributed by atoms with Crippen molar-refractivity contribution in [3.8, 4) is 5.75 Å². The van der Waals surface area contributed by atoms with Crippen molar-refractivity contribution < 1.29 is 33.1 Å². The Hall–Kier alpha value is -3.96. The molecule has 184 valence electrons. The standard InChI is InChI=1S/C23H22F2N4O6/c1-11-5-6-23(34-12(2)27-35-23)17-10-28(11)22(33)18-20(31)19(30)15(9-29(17)18)21(32)26-8-13-3-4-14(24)7-16(13)25/h3-4,7,9,11,17,31H,5-6,8,10H2,1-2H3,(H,26,32)/t11-,17+,23+/m0/s1. The highest BCUT2D eigenvalue weighted by Gasteiger charge is 2.55. The fraction of sp³-hybridized carbons (Fsp3) is 0.391. The number of aromatic hydroxyl groups is 1. The summed E-state index contributed by atoms with van der Waals surface area (Å²) in [6.07, 6.45) is 2.05. The smallest absolute Gasteiger partial charge is 0.299 e. The first-order chi connectivity index (χ1) is 16.6. The predicted molar refractivity (Wildman–Crippen MR) is 117 cm³/mol. The van der Waals surface area contributed by atoms with Crippen molar-refractivity contribution in [3.05, 3.63) is 63.1 Å². The van der Waals surface area contributed by atoms with Crippen LogP contribution >= 0.6 is 0 Å². The summed E-state index contributed by atoms with van der Waals surface area (Å²) in [7, 11) is 0. The highest BCUT2D eigenvalue weighted by atomic mass is 19.1. The molecular weight excluding hydrogens is 466 g/mol. The van der Waals surface area contributed by atoms with Gasteiger partial charge in [-0.15, -0.1) is 0 Å². The normalized spacial score (nSPS) is 24.9. The quantitative estimate of drug-likeness (QED) is 0.682.